The molecule has 0 unspecified atom stereocenters. The van der Waals surface area contributed by atoms with E-state index in [0.29, 0.717) is 6.04 Å². The van der Waals surface area contributed by atoms with Gasteiger partial charge in [-0.25, -0.2) is 0 Å². The molecule has 0 aliphatic carbocycles. The van der Waals surface area contributed by atoms with Gasteiger partial charge in [0.2, 0.25) is 0 Å². The summed E-state index contributed by atoms with van der Waals surface area (Å²) in [5, 5.41) is 0. The fourth-order valence-corrected chi connectivity index (χ4v) is 2.18. The van der Waals surface area contributed by atoms with Crippen molar-refractivity contribution in [3.63, 3.8) is 0 Å². The lowest BCUT2D eigenvalue weighted by atomic mass is 10.9. The van der Waals surface area contributed by atoms with E-state index in [2.05, 4.69) is 0 Å². The molecule has 0 N–H and O–H groups in total. The average molecular weight is 189 g/mol. The lowest BCUT2D eigenvalue weighted by Crippen LogP contribution is -2.20. The fourth-order valence-electron chi connectivity index (χ4n) is 0.434. The van der Waals surface area contributed by atoms with E-state index >= 15 is 0 Å². The monoisotopic (exact) mass is 188 g/mol. The smallest absolute Gasteiger partial charge is 0.323 e. The number of hydrogen-bond donors (Lipinski definition) is 0. The van der Waals surface area contributed by atoms with Crippen molar-refractivity contribution in [3.8, 4) is 0 Å². The minimum absolute atomic E-state index is 0.360. The molecule has 0 fully saturated rings. The Bertz CT molecular complexity index is 67.6. The normalized spacial score (nSPS) is 11.3. The standard InChI is InChI=1S/C4H10Cl2O2Si/c1-7-9(8-2)3-4(5)6/h4,9H,3H2,1-2H3. The first-order valence-electron chi connectivity index (χ1n) is 2.54. The van der Waals surface area contributed by atoms with Gasteiger partial charge in [0.25, 0.3) is 0 Å². The molecule has 0 amide bonds. The lowest BCUT2D eigenvalue weighted by Gasteiger charge is -2.09. The van der Waals surface area contributed by atoms with Gasteiger partial charge in [-0.2, -0.15) is 0 Å². The number of alkyl halides is 2. The highest BCUT2D eigenvalue weighted by Gasteiger charge is 2.13. The third-order valence-corrected chi connectivity index (χ3v) is 3.76. The van der Waals surface area contributed by atoms with E-state index in [4.69, 9.17) is 32.1 Å². The van der Waals surface area contributed by atoms with Crippen LogP contribution in [0.3, 0.4) is 0 Å². The predicted octanol–water partition coefficient (Wildman–Crippen LogP) is 1.30. The summed E-state index contributed by atoms with van der Waals surface area (Å²) in [6.07, 6.45) is 0. The maximum Gasteiger partial charge on any atom is 0.323 e. The molecule has 0 bridgehead atoms. The van der Waals surface area contributed by atoms with E-state index in [1.54, 1.807) is 14.2 Å². The van der Waals surface area contributed by atoms with Crippen molar-refractivity contribution in [1.82, 2.24) is 0 Å². The van der Waals surface area contributed by atoms with E-state index in [0.717, 1.165) is 0 Å². The summed E-state index contributed by atoms with van der Waals surface area (Å²) in [6, 6.07) is 0.635. The molecule has 0 aliphatic heterocycles. The third-order valence-electron chi connectivity index (χ3n) is 0.896. The maximum atomic E-state index is 5.47. The molecule has 2 nitrogen and oxygen atoms in total. The Morgan fingerprint density at radius 2 is 1.78 bits per heavy atom. The Morgan fingerprint density at radius 1 is 1.33 bits per heavy atom. The van der Waals surface area contributed by atoms with Crippen LogP contribution in [0.1, 0.15) is 0 Å². The molecule has 0 heterocycles. The van der Waals surface area contributed by atoms with Gasteiger partial charge in [-0.05, 0) is 0 Å². The highest BCUT2D eigenvalue weighted by Crippen LogP contribution is 2.10. The van der Waals surface area contributed by atoms with E-state index in [1.165, 1.54) is 0 Å². The van der Waals surface area contributed by atoms with Gasteiger partial charge < -0.3 is 8.85 Å². The van der Waals surface area contributed by atoms with Crippen LogP contribution in [0.4, 0.5) is 0 Å². The second kappa shape index (κ2) is 5.50. The van der Waals surface area contributed by atoms with Crippen LogP contribution in [0, 0.1) is 0 Å². The zero-order valence-corrected chi connectivity index (χ0v) is 8.10. The van der Waals surface area contributed by atoms with E-state index in [1.807, 2.05) is 0 Å². The summed E-state index contributed by atoms with van der Waals surface area (Å²) >= 11 is 10.9. The summed E-state index contributed by atoms with van der Waals surface area (Å²) in [4.78, 5) is -0.360. The van der Waals surface area contributed by atoms with Crippen LogP contribution in [-0.2, 0) is 8.85 Å². The Balaban J connectivity index is 3.31. The quantitative estimate of drug-likeness (QED) is 0.490. The molecular formula is C4H10Cl2O2Si. The van der Waals surface area contributed by atoms with Gasteiger partial charge in [-0.15, -0.1) is 23.2 Å². The summed E-state index contributed by atoms with van der Waals surface area (Å²) < 4.78 is 9.92. The van der Waals surface area contributed by atoms with Crippen LogP contribution >= 0.6 is 23.2 Å². The van der Waals surface area contributed by atoms with Crippen LogP contribution in [0.5, 0.6) is 0 Å². The zero-order chi connectivity index (χ0) is 7.28. The number of hydrogen-bond acceptors (Lipinski definition) is 2. The molecule has 0 rings (SSSR count). The summed E-state index contributed by atoms with van der Waals surface area (Å²) in [7, 11) is 1.70. The molecule has 5 heteroatoms. The molecule has 0 aromatic heterocycles. The summed E-state index contributed by atoms with van der Waals surface area (Å²) in [5.74, 6) is 0. The van der Waals surface area contributed by atoms with Gasteiger partial charge in [-0.1, -0.05) is 0 Å². The van der Waals surface area contributed by atoms with Gasteiger partial charge in [0.1, 0.15) is 4.84 Å². The van der Waals surface area contributed by atoms with Crippen molar-refractivity contribution in [2.45, 2.75) is 10.9 Å². The largest absolute Gasteiger partial charge is 0.400 e. The average Bonchev–Trinajstić information content (AvgIpc) is 1.82. The molecule has 9 heavy (non-hydrogen) atoms. The highest BCUT2D eigenvalue weighted by atomic mass is 35.5. The Hall–Kier alpha value is 0.717. The van der Waals surface area contributed by atoms with Crippen molar-refractivity contribution in [2.75, 3.05) is 14.2 Å². The zero-order valence-electron chi connectivity index (χ0n) is 5.43. The van der Waals surface area contributed by atoms with Crippen LogP contribution in [0.15, 0.2) is 0 Å². The van der Waals surface area contributed by atoms with Crippen LogP contribution < -0.4 is 0 Å². The van der Waals surface area contributed by atoms with Crippen LogP contribution in [0.25, 0.3) is 0 Å². The fraction of sp³-hybridized carbons (Fsp3) is 1.00. The Kier molecular flexibility index (Phi) is 5.94. The maximum absolute atomic E-state index is 5.47. The molecule has 0 saturated heterocycles. The molecule has 56 valence electrons. The van der Waals surface area contributed by atoms with Crippen LogP contribution in [0.2, 0.25) is 6.04 Å². The molecule has 0 radical (unpaired) electrons. The SMILES string of the molecule is CO[SiH](CC(Cl)Cl)OC. The molecule has 0 aliphatic rings. The number of halogens is 2. The van der Waals surface area contributed by atoms with Gasteiger partial charge in [0.05, 0.1) is 0 Å². The Labute approximate surface area is 66.9 Å². The third kappa shape index (κ3) is 5.18. The first-order valence-corrected chi connectivity index (χ1v) is 5.17. The number of rotatable bonds is 4. The molecule has 0 aromatic rings. The topological polar surface area (TPSA) is 18.5 Å². The van der Waals surface area contributed by atoms with Gasteiger partial charge in [-0.3, -0.25) is 0 Å². The predicted molar refractivity (Wildman–Crippen MR) is 41.5 cm³/mol. The van der Waals surface area contributed by atoms with Crippen molar-refractivity contribution in [2.24, 2.45) is 0 Å². The van der Waals surface area contributed by atoms with E-state index in [-0.39, 0.29) is 4.84 Å². The van der Waals surface area contributed by atoms with Crippen molar-refractivity contribution < 1.29 is 8.85 Å². The van der Waals surface area contributed by atoms with Gasteiger partial charge >= 0.3 is 9.28 Å². The van der Waals surface area contributed by atoms with E-state index < -0.39 is 9.28 Å². The molecule has 0 spiro atoms. The second-order valence-electron chi connectivity index (χ2n) is 1.53. The van der Waals surface area contributed by atoms with Crippen molar-refractivity contribution >= 4 is 32.5 Å². The molecule has 0 saturated carbocycles. The molecular weight excluding hydrogens is 179 g/mol. The minimum Gasteiger partial charge on any atom is -0.400 e. The van der Waals surface area contributed by atoms with E-state index in [9.17, 15) is 0 Å². The van der Waals surface area contributed by atoms with Crippen LogP contribution in [-0.4, -0.2) is 28.3 Å². The Morgan fingerprint density at radius 3 is 1.89 bits per heavy atom. The summed E-state index contributed by atoms with van der Waals surface area (Å²) in [5.41, 5.74) is 0. The highest BCUT2D eigenvalue weighted by molar-refractivity contribution is 6.53. The molecule has 0 aromatic carbocycles. The first-order chi connectivity index (χ1) is 4.20. The van der Waals surface area contributed by atoms with Crippen molar-refractivity contribution in [1.29, 1.82) is 0 Å². The second-order valence-corrected chi connectivity index (χ2v) is 5.08. The molecule has 0 atom stereocenters. The van der Waals surface area contributed by atoms with Crippen molar-refractivity contribution in [3.05, 3.63) is 0 Å². The lowest BCUT2D eigenvalue weighted by molar-refractivity contribution is 0.278. The van der Waals surface area contributed by atoms with Gasteiger partial charge in [0, 0.05) is 20.3 Å². The van der Waals surface area contributed by atoms with Gasteiger partial charge in [0.15, 0.2) is 0 Å². The summed E-state index contributed by atoms with van der Waals surface area (Å²) in [6.45, 7) is 0. The minimum atomic E-state index is -1.51. The first kappa shape index (κ1) is 9.72.